The van der Waals surface area contributed by atoms with E-state index < -0.39 is 0 Å². The van der Waals surface area contributed by atoms with E-state index in [0.717, 1.165) is 27.9 Å². The summed E-state index contributed by atoms with van der Waals surface area (Å²) in [6, 6.07) is 13.5. The SMILES string of the molecule is O=C1Cc2cc(-c3cncc(NC(CO)c4ccccc4)c3)cnc2N1. The van der Waals surface area contributed by atoms with Gasteiger partial charge in [-0.25, -0.2) is 4.98 Å². The number of anilines is 2. The normalized spacial score (nSPS) is 13.8. The number of rotatable bonds is 5. The Balaban J connectivity index is 1.59. The van der Waals surface area contributed by atoms with Gasteiger partial charge in [-0.3, -0.25) is 9.78 Å². The molecule has 3 heterocycles. The van der Waals surface area contributed by atoms with Gasteiger partial charge < -0.3 is 15.7 Å². The molecule has 3 N–H and O–H groups in total. The van der Waals surface area contributed by atoms with Crippen LogP contribution >= 0.6 is 0 Å². The van der Waals surface area contributed by atoms with E-state index in [1.165, 1.54) is 0 Å². The molecule has 1 aliphatic rings. The number of carbonyl (C=O) groups is 1. The standard InChI is InChI=1S/C20H18N4O2/c25-12-18(13-4-2-1-3-5-13)23-17-7-16(9-21-11-17)15-6-14-8-19(26)24-20(14)22-10-15/h1-7,9-11,18,23,25H,8,12H2,(H,22,24,26). The van der Waals surface area contributed by atoms with E-state index in [1.807, 2.05) is 42.5 Å². The highest BCUT2D eigenvalue weighted by atomic mass is 16.3. The van der Waals surface area contributed by atoms with Crippen LogP contribution in [-0.2, 0) is 11.2 Å². The highest BCUT2D eigenvalue weighted by Crippen LogP contribution is 2.28. The van der Waals surface area contributed by atoms with Crippen LogP contribution in [0.2, 0.25) is 0 Å². The van der Waals surface area contributed by atoms with Crippen molar-refractivity contribution in [2.45, 2.75) is 12.5 Å². The summed E-state index contributed by atoms with van der Waals surface area (Å²) in [5, 5.41) is 15.8. The fourth-order valence-corrected chi connectivity index (χ4v) is 3.06. The van der Waals surface area contributed by atoms with Crippen molar-refractivity contribution in [2.24, 2.45) is 0 Å². The molecule has 0 saturated heterocycles. The van der Waals surface area contributed by atoms with Crippen LogP contribution in [0.5, 0.6) is 0 Å². The minimum atomic E-state index is -0.215. The lowest BCUT2D eigenvalue weighted by atomic mass is 10.1. The number of aromatic nitrogens is 2. The molecule has 0 radical (unpaired) electrons. The number of carbonyl (C=O) groups excluding carboxylic acids is 1. The molecule has 130 valence electrons. The van der Waals surface area contributed by atoms with E-state index in [0.29, 0.717) is 12.2 Å². The second kappa shape index (κ2) is 6.93. The molecule has 6 heteroatoms. The Morgan fingerprint density at radius 2 is 1.92 bits per heavy atom. The molecule has 0 bridgehead atoms. The van der Waals surface area contributed by atoms with Crippen LogP contribution in [0.15, 0.2) is 61.1 Å². The predicted octanol–water partition coefficient (Wildman–Crippen LogP) is 2.78. The Labute approximate surface area is 150 Å². The van der Waals surface area contributed by atoms with Crippen LogP contribution in [0, 0.1) is 0 Å². The monoisotopic (exact) mass is 346 g/mol. The molecule has 0 saturated carbocycles. The number of nitrogens with zero attached hydrogens (tertiary/aromatic N) is 2. The molecule has 3 aromatic rings. The number of nitrogens with one attached hydrogen (secondary N) is 2. The Morgan fingerprint density at radius 1 is 1.12 bits per heavy atom. The zero-order chi connectivity index (χ0) is 17.9. The van der Waals surface area contributed by atoms with Crippen molar-refractivity contribution in [3.05, 3.63) is 72.2 Å². The molecule has 0 fully saturated rings. The molecule has 4 rings (SSSR count). The number of hydrogen-bond donors (Lipinski definition) is 3. The molecule has 1 aromatic carbocycles. The molecule has 2 aromatic heterocycles. The second-order valence-corrected chi connectivity index (χ2v) is 6.21. The van der Waals surface area contributed by atoms with Crippen LogP contribution < -0.4 is 10.6 Å². The van der Waals surface area contributed by atoms with Crippen molar-refractivity contribution in [3.8, 4) is 11.1 Å². The molecule has 0 aliphatic carbocycles. The molecular formula is C20H18N4O2. The third-order valence-electron chi connectivity index (χ3n) is 4.37. The number of fused-ring (bicyclic) bond motifs is 1. The number of benzene rings is 1. The Hall–Kier alpha value is -3.25. The zero-order valence-corrected chi connectivity index (χ0v) is 14.0. The molecule has 1 unspecified atom stereocenters. The largest absolute Gasteiger partial charge is 0.394 e. The fourth-order valence-electron chi connectivity index (χ4n) is 3.06. The van der Waals surface area contributed by atoms with Crippen LogP contribution in [0.25, 0.3) is 11.1 Å². The van der Waals surface area contributed by atoms with Gasteiger partial charge in [0.05, 0.1) is 24.8 Å². The van der Waals surface area contributed by atoms with Crippen molar-refractivity contribution in [2.75, 3.05) is 17.2 Å². The first-order valence-electron chi connectivity index (χ1n) is 8.39. The summed E-state index contributed by atoms with van der Waals surface area (Å²) < 4.78 is 0. The van der Waals surface area contributed by atoms with Gasteiger partial charge in [-0.1, -0.05) is 30.3 Å². The zero-order valence-electron chi connectivity index (χ0n) is 14.0. The van der Waals surface area contributed by atoms with Crippen molar-refractivity contribution in [3.63, 3.8) is 0 Å². The van der Waals surface area contributed by atoms with E-state index in [1.54, 1.807) is 18.6 Å². The van der Waals surface area contributed by atoms with Gasteiger partial charge in [0.15, 0.2) is 0 Å². The smallest absolute Gasteiger partial charge is 0.230 e. The number of hydrogen-bond acceptors (Lipinski definition) is 5. The minimum absolute atomic E-state index is 0.0254. The summed E-state index contributed by atoms with van der Waals surface area (Å²) in [5.74, 6) is 0.595. The third-order valence-corrected chi connectivity index (χ3v) is 4.37. The molecule has 0 spiro atoms. The lowest BCUT2D eigenvalue weighted by Gasteiger charge is -2.18. The maximum absolute atomic E-state index is 11.5. The van der Waals surface area contributed by atoms with Gasteiger partial charge in [0, 0.05) is 35.3 Å². The average molecular weight is 346 g/mol. The van der Waals surface area contributed by atoms with E-state index in [2.05, 4.69) is 20.6 Å². The maximum Gasteiger partial charge on any atom is 0.230 e. The van der Waals surface area contributed by atoms with Crippen LogP contribution in [-0.4, -0.2) is 27.6 Å². The van der Waals surface area contributed by atoms with Gasteiger partial charge in [-0.05, 0) is 17.7 Å². The summed E-state index contributed by atoms with van der Waals surface area (Å²) in [7, 11) is 0. The van der Waals surface area contributed by atoms with E-state index in [4.69, 9.17) is 0 Å². The van der Waals surface area contributed by atoms with Crippen molar-refractivity contribution >= 4 is 17.4 Å². The Kier molecular flexibility index (Phi) is 4.33. The number of aliphatic hydroxyl groups is 1. The van der Waals surface area contributed by atoms with Gasteiger partial charge in [0.25, 0.3) is 0 Å². The Morgan fingerprint density at radius 3 is 2.73 bits per heavy atom. The molecule has 1 amide bonds. The summed E-state index contributed by atoms with van der Waals surface area (Å²) >= 11 is 0. The summed E-state index contributed by atoms with van der Waals surface area (Å²) in [6.45, 7) is -0.0254. The molecular weight excluding hydrogens is 328 g/mol. The van der Waals surface area contributed by atoms with Gasteiger partial charge >= 0.3 is 0 Å². The summed E-state index contributed by atoms with van der Waals surface area (Å²) in [4.78, 5) is 20.1. The van der Waals surface area contributed by atoms with E-state index >= 15 is 0 Å². The van der Waals surface area contributed by atoms with Gasteiger partial charge in [-0.15, -0.1) is 0 Å². The van der Waals surface area contributed by atoms with Crippen LogP contribution in [0.4, 0.5) is 11.5 Å². The summed E-state index contributed by atoms with van der Waals surface area (Å²) in [6.07, 6.45) is 5.56. The van der Waals surface area contributed by atoms with E-state index in [9.17, 15) is 9.90 Å². The lowest BCUT2D eigenvalue weighted by molar-refractivity contribution is -0.115. The molecule has 26 heavy (non-hydrogen) atoms. The van der Waals surface area contributed by atoms with Crippen molar-refractivity contribution in [1.29, 1.82) is 0 Å². The highest BCUT2D eigenvalue weighted by Gasteiger charge is 2.19. The van der Waals surface area contributed by atoms with Gasteiger partial charge in [0.1, 0.15) is 5.82 Å². The number of aliphatic hydroxyl groups excluding tert-OH is 1. The van der Waals surface area contributed by atoms with Crippen molar-refractivity contribution < 1.29 is 9.90 Å². The second-order valence-electron chi connectivity index (χ2n) is 6.21. The summed E-state index contributed by atoms with van der Waals surface area (Å²) in [5.41, 5.74) is 4.50. The number of amides is 1. The quantitative estimate of drug-likeness (QED) is 0.661. The Bertz CT molecular complexity index is 944. The number of pyridine rings is 2. The van der Waals surface area contributed by atoms with Crippen LogP contribution in [0.1, 0.15) is 17.2 Å². The highest BCUT2D eigenvalue weighted by molar-refractivity contribution is 5.98. The van der Waals surface area contributed by atoms with Crippen LogP contribution in [0.3, 0.4) is 0 Å². The maximum atomic E-state index is 11.5. The average Bonchev–Trinajstić information content (AvgIpc) is 3.06. The minimum Gasteiger partial charge on any atom is -0.394 e. The molecule has 6 nitrogen and oxygen atoms in total. The fraction of sp³-hybridized carbons (Fsp3) is 0.150. The molecule has 1 atom stereocenters. The van der Waals surface area contributed by atoms with Crippen molar-refractivity contribution in [1.82, 2.24) is 9.97 Å². The third kappa shape index (κ3) is 3.27. The molecule has 1 aliphatic heterocycles. The first-order valence-corrected chi connectivity index (χ1v) is 8.39. The van der Waals surface area contributed by atoms with E-state index in [-0.39, 0.29) is 18.6 Å². The van der Waals surface area contributed by atoms with Gasteiger partial charge in [0.2, 0.25) is 5.91 Å². The topological polar surface area (TPSA) is 87.1 Å². The first-order chi connectivity index (χ1) is 12.7. The van der Waals surface area contributed by atoms with Gasteiger partial charge in [-0.2, -0.15) is 0 Å². The first kappa shape index (κ1) is 16.2. The predicted molar refractivity (Wildman–Crippen MR) is 99.7 cm³/mol. The lowest BCUT2D eigenvalue weighted by Crippen LogP contribution is -2.14.